The van der Waals surface area contributed by atoms with Crippen molar-refractivity contribution in [1.82, 2.24) is 10.2 Å². The number of rotatable bonds is 13. The lowest BCUT2D eigenvalue weighted by Gasteiger charge is -2.35. The molecular weight excluding hydrogens is 623 g/mol. The van der Waals surface area contributed by atoms with Gasteiger partial charge in [-0.05, 0) is 86.2 Å². The van der Waals surface area contributed by atoms with Crippen LogP contribution in [0, 0.1) is 20.8 Å². The molecule has 0 aromatic heterocycles. The van der Waals surface area contributed by atoms with Crippen molar-refractivity contribution < 1.29 is 22.7 Å². The van der Waals surface area contributed by atoms with E-state index in [4.69, 9.17) is 4.74 Å². The third kappa shape index (κ3) is 8.26. The smallest absolute Gasteiger partial charge is 0.264 e. The molecule has 0 spiro atoms. The van der Waals surface area contributed by atoms with E-state index >= 15 is 0 Å². The molecule has 5 rings (SSSR count). The van der Waals surface area contributed by atoms with E-state index in [0.717, 1.165) is 53.5 Å². The van der Waals surface area contributed by atoms with Gasteiger partial charge in [0.15, 0.2) is 0 Å². The van der Waals surface area contributed by atoms with Crippen molar-refractivity contribution in [1.29, 1.82) is 0 Å². The van der Waals surface area contributed by atoms with Gasteiger partial charge in [0.1, 0.15) is 18.3 Å². The van der Waals surface area contributed by atoms with Crippen LogP contribution in [0.2, 0.25) is 0 Å². The summed E-state index contributed by atoms with van der Waals surface area (Å²) in [6.45, 7) is 5.25. The molecule has 4 aromatic carbocycles. The zero-order valence-electron chi connectivity index (χ0n) is 28.2. The van der Waals surface area contributed by atoms with Gasteiger partial charge < -0.3 is 15.0 Å². The van der Waals surface area contributed by atoms with Gasteiger partial charge in [-0.25, -0.2) is 8.42 Å². The van der Waals surface area contributed by atoms with Crippen LogP contribution in [0.15, 0.2) is 102 Å². The van der Waals surface area contributed by atoms with E-state index in [1.807, 2.05) is 81.4 Å². The van der Waals surface area contributed by atoms with Crippen molar-refractivity contribution in [2.75, 3.05) is 18.0 Å². The summed E-state index contributed by atoms with van der Waals surface area (Å²) in [6.07, 6.45) is 4.14. The number of anilines is 1. The highest BCUT2D eigenvalue weighted by Crippen LogP contribution is 2.30. The van der Waals surface area contributed by atoms with Gasteiger partial charge in [-0.1, -0.05) is 85.1 Å². The van der Waals surface area contributed by atoms with E-state index in [2.05, 4.69) is 5.32 Å². The number of carbonyl (C=O) groups is 2. The zero-order valence-corrected chi connectivity index (χ0v) is 29.0. The van der Waals surface area contributed by atoms with E-state index in [0.29, 0.717) is 11.4 Å². The monoisotopic (exact) mass is 667 g/mol. The summed E-state index contributed by atoms with van der Waals surface area (Å²) in [6, 6.07) is 28.2. The molecule has 48 heavy (non-hydrogen) atoms. The minimum Gasteiger partial charge on any atom is -0.497 e. The second-order valence-electron chi connectivity index (χ2n) is 12.6. The topological polar surface area (TPSA) is 96.0 Å². The van der Waals surface area contributed by atoms with Gasteiger partial charge in [0.2, 0.25) is 11.8 Å². The normalized spacial score (nSPS) is 13.9. The van der Waals surface area contributed by atoms with Crippen molar-refractivity contribution in [2.24, 2.45) is 0 Å². The highest BCUT2D eigenvalue weighted by atomic mass is 32.2. The van der Waals surface area contributed by atoms with E-state index < -0.39 is 28.5 Å². The molecule has 0 radical (unpaired) electrons. The number of nitrogens with zero attached hydrogens (tertiary/aromatic N) is 2. The average molecular weight is 668 g/mol. The molecule has 252 valence electrons. The molecule has 0 bridgehead atoms. The molecule has 9 heteroatoms. The average Bonchev–Trinajstić information content (AvgIpc) is 3.60. The fraction of sp³-hybridized carbons (Fsp3) is 0.333. The maximum atomic E-state index is 14.8. The summed E-state index contributed by atoms with van der Waals surface area (Å²) in [7, 11) is -2.60. The third-order valence-electron chi connectivity index (χ3n) is 9.19. The molecule has 1 aliphatic rings. The summed E-state index contributed by atoms with van der Waals surface area (Å²) >= 11 is 0. The zero-order chi connectivity index (χ0) is 34.3. The lowest BCUT2D eigenvalue weighted by molar-refractivity contribution is -0.140. The van der Waals surface area contributed by atoms with Crippen molar-refractivity contribution in [3.63, 3.8) is 0 Å². The van der Waals surface area contributed by atoms with Gasteiger partial charge in [0, 0.05) is 19.0 Å². The van der Waals surface area contributed by atoms with Crippen molar-refractivity contribution in [3.8, 4) is 5.75 Å². The van der Waals surface area contributed by atoms with Crippen LogP contribution in [0.3, 0.4) is 0 Å². The van der Waals surface area contributed by atoms with Crippen molar-refractivity contribution >= 4 is 27.5 Å². The fourth-order valence-corrected chi connectivity index (χ4v) is 7.72. The van der Waals surface area contributed by atoms with Gasteiger partial charge >= 0.3 is 0 Å². The molecule has 0 heterocycles. The molecule has 0 unspecified atom stereocenters. The highest BCUT2D eigenvalue weighted by molar-refractivity contribution is 7.92. The minimum atomic E-state index is -4.18. The standard InChI is InChI=1S/C39H45N3O5S/c1-28-20-22-35(23-21-28)48(45,46)42(36-19-10-12-29(2)30(36)3)27-38(43)41(26-32-15-11-18-34(24-32)47-4)37(25-31-13-6-5-7-14-31)39(44)40-33-16-8-9-17-33/h5-7,10-15,18-24,33,37H,8-9,16-17,25-27H2,1-4H3,(H,40,44)/t37-/m1/s1. The van der Waals surface area contributed by atoms with E-state index in [-0.39, 0.29) is 29.8 Å². The Balaban J connectivity index is 1.60. The number of aryl methyl sites for hydroxylation is 2. The first-order chi connectivity index (χ1) is 23.1. The predicted molar refractivity (Wildman–Crippen MR) is 190 cm³/mol. The molecular formula is C39H45N3O5S. The Labute approximate surface area is 284 Å². The lowest BCUT2D eigenvalue weighted by atomic mass is 10.0. The Kier molecular flexibility index (Phi) is 11.2. The van der Waals surface area contributed by atoms with Crippen molar-refractivity contribution in [2.45, 2.75) is 76.4 Å². The van der Waals surface area contributed by atoms with E-state index in [1.165, 1.54) is 9.21 Å². The number of nitrogens with one attached hydrogen (secondary N) is 1. The number of hydrogen-bond acceptors (Lipinski definition) is 5. The van der Waals surface area contributed by atoms with E-state index in [9.17, 15) is 18.0 Å². The highest BCUT2D eigenvalue weighted by Gasteiger charge is 2.36. The summed E-state index contributed by atoms with van der Waals surface area (Å²) in [4.78, 5) is 30.6. The van der Waals surface area contributed by atoms with Gasteiger partial charge in [0.25, 0.3) is 10.0 Å². The fourth-order valence-electron chi connectivity index (χ4n) is 6.25. The second-order valence-corrected chi connectivity index (χ2v) is 14.5. The third-order valence-corrected chi connectivity index (χ3v) is 11.0. The lowest BCUT2D eigenvalue weighted by Crippen LogP contribution is -2.54. The van der Waals surface area contributed by atoms with Gasteiger partial charge in [0.05, 0.1) is 17.7 Å². The molecule has 0 saturated heterocycles. The number of benzene rings is 4. The summed E-state index contributed by atoms with van der Waals surface area (Å²) in [5.41, 5.74) is 4.64. The Hall–Kier alpha value is -4.63. The van der Waals surface area contributed by atoms with Gasteiger partial charge in [-0.3, -0.25) is 13.9 Å². The number of sulfonamides is 1. The van der Waals surface area contributed by atoms with Crippen LogP contribution in [0.25, 0.3) is 0 Å². The quantitative estimate of drug-likeness (QED) is 0.175. The Morgan fingerprint density at radius 1 is 0.854 bits per heavy atom. The molecule has 8 nitrogen and oxygen atoms in total. The largest absolute Gasteiger partial charge is 0.497 e. The number of carbonyl (C=O) groups excluding carboxylic acids is 2. The molecule has 1 fully saturated rings. The van der Waals surface area contributed by atoms with Crippen LogP contribution >= 0.6 is 0 Å². The number of amides is 2. The summed E-state index contributed by atoms with van der Waals surface area (Å²) < 4.78 is 35.4. The first kappa shape index (κ1) is 34.7. The Morgan fingerprint density at radius 3 is 2.21 bits per heavy atom. The van der Waals surface area contributed by atoms with E-state index in [1.54, 1.807) is 43.5 Å². The number of ether oxygens (including phenoxy) is 1. The SMILES string of the molecule is COc1cccc(CN(C(=O)CN(c2cccc(C)c2C)S(=O)(=O)c2ccc(C)cc2)[C@H](Cc2ccccc2)C(=O)NC2CCCC2)c1. The first-order valence-electron chi connectivity index (χ1n) is 16.5. The molecule has 4 aromatic rings. The maximum Gasteiger partial charge on any atom is 0.264 e. The second kappa shape index (κ2) is 15.5. The Bertz CT molecular complexity index is 1820. The maximum absolute atomic E-state index is 14.8. The van der Waals surface area contributed by atoms with Gasteiger partial charge in [-0.2, -0.15) is 0 Å². The van der Waals surface area contributed by atoms with Crippen LogP contribution in [-0.4, -0.2) is 50.9 Å². The number of hydrogen-bond donors (Lipinski definition) is 1. The molecule has 2 amide bonds. The molecule has 1 atom stereocenters. The summed E-state index contributed by atoms with van der Waals surface area (Å²) in [5, 5.41) is 3.22. The van der Waals surface area contributed by atoms with Gasteiger partial charge in [-0.15, -0.1) is 0 Å². The van der Waals surface area contributed by atoms with Crippen LogP contribution in [0.4, 0.5) is 5.69 Å². The Morgan fingerprint density at radius 2 is 1.52 bits per heavy atom. The van der Waals surface area contributed by atoms with Crippen LogP contribution < -0.4 is 14.4 Å². The first-order valence-corrected chi connectivity index (χ1v) is 17.9. The molecule has 1 aliphatic carbocycles. The summed E-state index contributed by atoms with van der Waals surface area (Å²) in [5.74, 6) is -0.118. The van der Waals surface area contributed by atoms with Crippen LogP contribution in [0.5, 0.6) is 5.75 Å². The molecule has 0 aliphatic heterocycles. The molecule has 1 N–H and O–H groups in total. The predicted octanol–water partition coefficient (Wildman–Crippen LogP) is 6.51. The molecule has 1 saturated carbocycles. The van der Waals surface area contributed by atoms with Crippen LogP contribution in [-0.2, 0) is 32.6 Å². The van der Waals surface area contributed by atoms with Crippen molar-refractivity contribution in [3.05, 3.63) is 125 Å². The van der Waals surface area contributed by atoms with Crippen LogP contribution in [0.1, 0.15) is 53.5 Å². The number of methoxy groups -OCH3 is 1. The minimum absolute atomic E-state index is 0.0397.